The lowest BCUT2D eigenvalue weighted by Gasteiger charge is -2.12. The number of amides is 2. The maximum absolute atomic E-state index is 12.5. The smallest absolute Gasteiger partial charge is 0.268 e. The van der Waals surface area contributed by atoms with Gasteiger partial charge < -0.3 is 9.73 Å². The fourth-order valence-electron chi connectivity index (χ4n) is 2.25. The van der Waals surface area contributed by atoms with Crippen LogP contribution in [0.3, 0.4) is 0 Å². The molecular formula is C17H15N3O4S. The number of anilines is 1. The topological polar surface area (TPSA) is 91.7 Å². The highest BCUT2D eigenvalue weighted by Crippen LogP contribution is 2.24. The van der Waals surface area contributed by atoms with Gasteiger partial charge in [-0.15, -0.1) is 11.3 Å². The zero-order valence-electron chi connectivity index (χ0n) is 13.5. The number of rotatable bonds is 4. The van der Waals surface area contributed by atoms with E-state index in [2.05, 4.69) is 10.7 Å². The molecule has 0 saturated heterocycles. The summed E-state index contributed by atoms with van der Waals surface area (Å²) < 4.78 is 5.35. The first-order valence-corrected chi connectivity index (χ1v) is 8.23. The van der Waals surface area contributed by atoms with Crippen molar-refractivity contribution in [2.24, 2.45) is 0 Å². The van der Waals surface area contributed by atoms with E-state index in [0.717, 1.165) is 6.26 Å². The van der Waals surface area contributed by atoms with Crippen LogP contribution in [-0.4, -0.2) is 30.9 Å². The number of hydrazine groups is 1. The molecule has 7 nitrogen and oxygen atoms in total. The zero-order valence-corrected chi connectivity index (χ0v) is 14.3. The van der Waals surface area contributed by atoms with Crippen molar-refractivity contribution in [2.45, 2.75) is 0 Å². The average molecular weight is 357 g/mol. The van der Waals surface area contributed by atoms with Crippen molar-refractivity contribution in [3.05, 3.63) is 63.3 Å². The monoisotopic (exact) mass is 357 g/mol. The van der Waals surface area contributed by atoms with Gasteiger partial charge in [-0.1, -0.05) is 12.1 Å². The van der Waals surface area contributed by atoms with Crippen molar-refractivity contribution >= 4 is 39.1 Å². The van der Waals surface area contributed by atoms with Crippen LogP contribution in [0.4, 0.5) is 5.00 Å². The molecule has 0 atom stereocenters. The van der Waals surface area contributed by atoms with Gasteiger partial charge in [-0.2, -0.15) is 0 Å². The largest absolute Gasteiger partial charge is 0.463 e. The van der Waals surface area contributed by atoms with E-state index in [1.807, 2.05) is 0 Å². The summed E-state index contributed by atoms with van der Waals surface area (Å²) in [7, 11) is 3.37. The lowest BCUT2D eigenvalue weighted by molar-refractivity contribution is 0.0858. The van der Waals surface area contributed by atoms with Crippen molar-refractivity contribution in [1.29, 1.82) is 0 Å². The van der Waals surface area contributed by atoms with Crippen LogP contribution >= 0.6 is 11.3 Å². The SMILES string of the molecule is CN(C)NC(=O)c1ccsc1NC(=O)c1coc2ccccc2c1=O. The molecule has 0 radical (unpaired) electrons. The molecule has 0 fully saturated rings. The second-order valence-electron chi connectivity index (χ2n) is 5.43. The molecular weight excluding hydrogens is 342 g/mol. The van der Waals surface area contributed by atoms with Gasteiger partial charge in [-0.05, 0) is 23.6 Å². The molecule has 0 saturated carbocycles. The van der Waals surface area contributed by atoms with Gasteiger partial charge in [0.1, 0.15) is 22.4 Å². The Morgan fingerprint density at radius 1 is 1.08 bits per heavy atom. The number of thiophene rings is 1. The molecule has 3 aromatic rings. The highest BCUT2D eigenvalue weighted by Gasteiger charge is 2.19. The number of fused-ring (bicyclic) bond motifs is 1. The van der Waals surface area contributed by atoms with Crippen molar-refractivity contribution in [2.75, 3.05) is 19.4 Å². The second-order valence-corrected chi connectivity index (χ2v) is 6.34. The van der Waals surface area contributed by atoms with E-state index in [1.54, 1.807) is 49.8 Å². The van der Waals surface area contributed by atoms with Crippen LogP contribution in [0, 0.1) is 0 Å². The summed E-state index contributed by atoms with van der Waals surface area (Å²) in [5.41, 5.74) is 2.79. The summed E-state index contributed by atoms with van der Waals surface area (Å²) in [5.74, 6) is -0.979. The predicted octanol–water partition coefficient (Wildman–Crippen LogP) is 2.31. The molecule has 0 aliphatic heterocycles. The van der Waals surface area contributed by atoms with Gasteiger partial charge >= 0.3 is 0 Å². The summed E-state index contributed by atoms with van der Waals surface area (Å²) >= 11 is 1.19. The Morgan fingerprint density at radius 2 is 1.84 bits per heavy atom. The zero-order chi connectivity index (χ0) is 18.0. The third-order valence-corrected chi connectivity index (χ3v) is 4.22. The standard InChI is InChI=1S/C17H15N3O4S/c1-20(2)19-16(23)11-7-8-25-17(11)18-15(22)12-9-24-13-6-4-3-5-10(13)14(12)21/h3-9H,1-2H3,(H,18,22)(H,19,23). The van der Waals surface area contributed by atoms with Gasteiger partial charge in [0, 0.05) is 14.1 Å². The number of carbonyl (C=O) groups is 2. The first-order valence-electron chi connectivity index (χ1n) is 7.35. The molecule has 8 heteroatoms. The van der Waals surface area contributed by atoms with Crippen LogP contribution in [0.5, 0.6) is 0 Å². The summed E-state index contributed by atoms with van der Waals surface area (Å²) in [6, 6.07) is 8.29. The number of para-hydroxylation sites is 1. The molecule has 0 bridgehead atoms. The average Bonchev–Trinajstić information content (AvgIpc) is 3.03. The van der Waals surface area contributed by atoms with E-state index in [0.29, 0.717) is 21.5 Å². The molecule has 0 aliphatic carbocycles. The number of nitrogens with one attached hydrogen (secondary N) is 2. The number of nitrogens with zero attached hydrogens (tertiary/aromatic N) is 1. The molecule has 1 aromatic carbocycles. The van der Waals surface area contributed by atoms with Gasteiger partial charge in [0.25, 0.3) is 11.8 Å². The van der Waals surface area contributed by atoms with Gasteiger partial charge in [-0.25, -0.2) is 5.01 Å². The number of benzene rings is 1. The van der Waals surface area contributed by atoms with E-state index in [9.17, 15) is 14.4 Å². The minimum absolute atomic E-state index is 0.119. The lowest BCUT2D eigenvalue weighted by Crippen LogP contribution is -2.36. The molecule has 2 aromatic heterocycles. The number of hydrogen-bond donors (Lipinski definition) is 2. The number of hydrogen-bond acceptors (Lipinski definition) is 6. The maximum Gasteiger partial charge on any atom is 0.268 e. The molecule has 2 amide bonds. The van der Waals surface area contributed by atoms with Crippen LogP contribution in [0.15, 0.2) is 51.2 Å². The Labute approximate surface area is 146 Å². The van der Waals surface area contributed by atoms with Gasteiger partial charge in [0.2, 0.25) is 5.43 Å². The van der Waals surface area contributed by atoms with Crippen molar-refractivity contribution in [1.82, 2.24) is 10.4 Å². The van der Waals surface area contributed by atoms with E-state index >= 15 is 0 Å². The van der Waals surface area contributed by atoms with Crippen molar-refractivity contribution in [3.63, 3.8) is 0 Å². The summed E-state index contributed by atoms with van der Waals surface area (Å²) in [6.07, 6.45) is 1.13. The van der Waals surface area contributed by atoms with Crippen LogP contribution in [-0.2, 0) is 0 Å². The first kappa shape index (κ1) is 16.9. The molecule has 2 heterocycles. The molecule has 0 spiro atoms. The Kier molecular flexibility index (Phi) is 4.64. The van der Waals surface area contributed by atoms with Gasteiger partial charge in [-0.3, -0.25) is 19.8 Å². The Bertz CT molecular complexity index is 1010. The van der Waals surface area contributed by atoms with Gasteiger partial charge in [0.05, 0.1) is 10.9 Å². The fourth-order valence-corrected chi connectivity index (χ4v) is 3.03. The Balaban J connectivity index is 1.89. The third kappa shape index (κ3) is 3.44. The summed E-state index contributed by atoms with van der Waals surface area (Å²) in [4.78, 5) is 37.0. The van der Waals surface area contributed by atoms with E-state index in [1.165, 1.54) is 16.3 Å². The van der Waals surface area contributed by atoms with Gasteiger partial charge in [0.15, 0.2) is 0 Å². The quantitative estimate of drug-likeness (QED) is 0.699. The molecule has 0 aliphatic rings. The fraction of sp³-hybridized carbons (Fsp3) is 0.118. The van der Waals surface area contributed by atoms with E-state index in [-0.39, 0.29) is 11.5 Å². The van der Waals surface area contributed by atoms with Crippen LogP contribution < -0.4 is 16.2 Å². The molecule has 25 heavy (non-hydrogen) atoms. The van der Waals surface area contributed by atoms with Crippen LogP contribution in [0.25, 0.3) is 11.0 Å². The Morgan fingerprint density at radius 3 is 2.60 bits per heavy atom. The molecule has 2 N–H and O–H groups in total. The lowest BCUT2D eigenvalue weighted by atomic mass is 10.1. The van der Waals surface area contributed by atoms with E-state index in [4.69, 9.17) is 4.42 Å². The predicted molar refractivity (Wildman–Crippen MR) is 95.9 cm³/mol. The molecule has 3 rings (SSSR count). The van der Waals surface area contributed by atoms with Crippen LogP contribution in [0.2, 0.25) is 0 Å². The molecule has 128 valence electrons. The highest BCUT2D eigenvalue weighted by molar-refractivity contribution is 7.14. The van der Waals surface area contributed by atoms with Crippen LogP contribution in [0.1, 0.15) is 20.7 Å². The normalized spacial score (nSPS) is 10.8. The Hall–Kier alpha value is -2.97. The molecule has 0 unspecified atom stereocenters. The first-order chi connectivity index (χ1) is 12.0. The summed E-state index contributed by atoms with van der Waals surface area (Å²) in [6.45, 7) is 0. The summed E-state index contributed by atoms with van der Waals surface area (Å²) in [5, 5.41) is 6.48. The van der Waals surface area contributed by atoms with Crippen molar-refractivity contribution in [3.8, 4) is 0 Å². The number of carbonyl (C=O) groups excluding carboxylic acids is 2. The minimum atomic E-state index is -0.624. The maximum atomic E-state index is 12.5. The minimum Gasteiger partial charge on any atom is -0.463 e. The second kappa shape index (κ2) is 6.88. The highest BCUT2D eigenvalue weighted by atomic mass is 32.1. The van der Waals surface area contributed by atoms with Crippen molar-refractivity contribution < 1.29 is 14.0 Å². The van der Waals surface area contributed by atoms with E-state index < -0.39 is 11.3 Å². The third-order valence-electron chi connectivity index (χ3n) is 3.39.